The molecule has 4 nitrogen and oxygen atoms in total. The molecule has 4 heteroatoms. The summed E-state index contributed by atoms with van der Waals surface area (Å²) in [6, 6.07) is 0. The van der Waals surface area contributed by atoms with Crippen LogP contribution in [0.25, 0.3) is 0 Å². The van der Waals surface area contributed by atoms with E-state index in [0.717, 1.165) is 6.21 Å². The number of rotatable bonds is 3. The van der Waals surface area contributed by atoms with Gasteiger partial charge in [0.05, 0.1) is 5.70 Å². The molecule has 4 N–H and O–H groups in total. The average Bonchev–Trinajstić information content (AvgIpc) is 1.99. The third kappa shape index (κ3) is 3.40. The maximum absolute atomic E-state index is 11.0. The summed E-state index contributed by atoms with van der Waals surface area (Å²) >= 11 is 0. The zero-order chi connectivity index (χ0) is 8.85. The quantitative estimate of drug-likeness (QED) is 0.509. The summed E-state index contributed by atoms with van der Waals surface area (Å²) < 4.78 is 0. The molecule has 0 saturated heterocycles. The van der Waals surface area contributed by atoms with Crippen LogP contribution in [-0.2, 0) is 4.79 Å². The minimum Gasteiger partial charge on any atom is -0.403 e. The Morgan fingerprint density at radius 2 is 2.18 bits per heavy atom. The summed E-state index contributed by atoms with van der Waals surface area (Å²) in [7, 11) is 0. The Labute approximate surface area is 66.0 Å². The Hall–Kier alpha value is -1.32. The van der Waals surface area contributed by atoms with E-state index in [2.05, 4.69) is 5.32 Å². The van der Waals surface area contributed by atoms with Crippen molar-refractivity contribution < 1.29 is 4.79 Å². The molecule has 0 saturated carbocycles. The second-order valence-corrected chi connectivity index (χ2v) is 2.41. The van der Waals surface area contributed by atoms with E-state index in [0.29, 0.717) is 5.70 Å². The maximum atomic E-state index is 11.0. The largest absolute Gasteiger partial charge is 0.403 e. The van der Waals surface area contributed by atoms with Crippen LogP contribution in [0.3, 0.4) is 0 Å². The third-order valence-corrected chi connectivity index (χ3v) is 1.13. The lowest BCUT2D eigenvalue weighted by atomic mass is 10.2. The number of carbonyl (C=O) groups is 1. The number of hydrogen-bond acceptors (Lipinski definition) is 3. The molecule has 0 heterocycles. The summed E-state index contributed by atoms with van der Waals surface area (Å²) in [6.07, 6.45) is 2.19. The van der Waals surface area contributed by atoms with E-state index in [1.54, 1.807) is 13.8 Å². The minimum absolute atomic E-state index is 0.0927. The van der Waals surface area contributed by atoms with Gasteiger partial charge < -0.3 is 16.5 Å². The molecule has 0 radical (unpaired) electrons. The van der Waals surface area contributed by atoms with Crippen LogP contribution in [0.5, 0.6) is 0 Å². The van der Waals surface area contributed by atoms with Gasteiger partial charge in [-0.15, -0.1) is 0 Å². The fraction of sp³-hybridized carbons (Fsp3) is 0.429. The molecular formula is C7H13N3O. The predicted molar refractivity (Wildman–Crippen MR) is 44.0 cm³/mol. The van der Waals surface area contributed by atoms with Crippen molar-refractivity contribution in [2.45, 2.75) is 13.8 Å². The van der Waals surface area contributed by atoms with Gasteiger partial charge in [0, 0.05) is 18.3 Å². The molecule has 0 rings (SSSR count). The SMILES string of the molecule is CC(C)C(=O)N/C(C=N)=C/N. The molecular weight excluding hydrogens is 142 g/mol. The number of carbonyl (C=O) groups excluding carboxylic acids is 1. The van der Waals surface area contributed by atoms with E-state index in [1.807, 2.05) is 0 Å². The van der Waals surface area contributed by atoms with E-state index in [1.165, 1.54) is 6.20 Å². The molecule has 0 aliphatic carbocycles. The van der Waals surface area contributed by atoms with Crippen molar-refractivity contribution in [2.75, 3.05) is 0 Å². The molecule has 11 heavy (non-hydrogen) atoms. The molecule has 0 aromatic heterocycles. The van der Waals surface area contributed by atoms with Crippen molar-refractivity contribution in [2.24, 2.45) is 11.7 Å². The Morgan fingerprint density at radius 3 is 2.45 bits per heavy atom. The van der Waals surface area contributed by atoms with Gasteiger partial charge >= 0.3 is 0 Å². The summed E-state index contributed by atoms with van der Waals surface area (Å²) in [4.78, 5) is 11.0. The van der Waals surface area contributed by atoms with E-state index in [9.17, 15) is 4.79 Å². The number of amides is 1. The van der Waals surface area contributed by atoms with Gasteiger partial charge in [0.2, 0.25) is 5.91 Å². The summed E-state index contributed by atoms with van der Waals surface area (Å²) in [5.41, 5.74) is 5.43. The molecule has 0 atom stereocenters. The highest BCUT2D eigenvalue weighted by Gasteiger charge is 2.06. The van der Waals surface area contributed by atoms with Crippen LogP contribution in [0.15, 0.2) is 11.9 Å². The molecule has 0 aromatic rings. The van der Waals surface area contributed by atoms with Gasteiger partial charge in [-0.3, -0.25) is 4.79 Å². The van der Waals surface area contributed by atoms with Crippen molar-refractivity contribution >= 4 is 12.1 Å². The summed E-state index contributed by atoms with van der Waals surface area (Å²) in [6.45, 7) is 3.54. The molecule has 0 unspecified atom stereocenters. The van der Waals surface area contributed by atoms with Gasteiger partial charge in [0.1, 0.15) is 0 Å². The first-order valence-electron chi connectivity index (χ1n) is 3.35. The molecule has 0 fully saturated rings. The van der Waals surface area contributed by atoms with Crippen LogP contribution in [0.4, 0.5) is 0 Å². The Balaban J connectivity index is 4.03. The zero-order valence-corrected chi connectivity index (χ0v) is 6.72. The molecule has 0 aliphatic rings. The topological polar surface area (TPSA) is 79.0 Å². The number of allylic oxidation sites excluding steroid dienone is 1. The molecule has 0 aliphatic heterocycles. The van der Waals surface area contributed by atoms with Crippen LogP contribution in [0, 0.1) is 11.3 Å². The monoisotopic (exact) mass is 155 g/mol. The minimum atomic E-state index is -0.134. The predicted octanol–water partition coefficient (Wildman–Crippen LogP) is 0.208. The Morgan fingerprint density at radius 1 is 1.64 bits per heavy atom. The number of hydrogen-bond donors (Lipinski definition) is 3. The van der Waals surface area contributed by atoms with Gasteiger partial charge in [0.25, 0.3) is 0 Å². The third-order valence-electron chi connectivity index (χ3n) is 1.13. The van der Waals surface area contributed by atoms with Crippen molar-refractivity contribution in [1.29, 1.82) is 5.41 Å². The number of nitrogens with two attached hydrogens (primary N) is 1. The zero-order valence-electron chi connectivity index (χ0n) is 6.72. The molecule has 0 spiro atoms. The first-order chi connectivity index (χ1) is 5.11. The lowest BCUT2D eigenvalue weighted by Crippen LogP contribution is -2.28. The lowest BCUT2D eigenvalue weighted by Gasteiger charge is -2.05. The highest BCUT2D eigenvalue weighted by atomic mass is 16.1. The smallest absolute Gasteiger partial charge is 0.227 e. The van der Waals surface area contributed by atoms with E-state index >= 15 is 0 Å². The average molecular weight is 155 g/mol. The maximum Gasteiger partial charge on any atom is 0.227 e. The van der Waals surface area contributed by atoms with Crippen molar-refractivity contribution in [3.05, 3.63) is 11.9 Å². The van der Waals surface area contributed by atoms with Gasteiger partial charge in [-0.05, 0) is 0 Å². The molecule has 1 amide bonds. The van der Waals surface area contributed by atoms with E-state index in [4.69, 9.17) is 11.1 Å². The van der Waals surface area contributed by atoms with Crippen LogP contribution in [0.2, 0.25) is 0 Å². The first-order valence-corrected chi connectivity index (χ1v) is 3.35. The van der Waals surface area contributed by atoms with Crippen LogP contribution in [0.1, 0.15) is 13.8 Å². The van der Waals surface area contributed by atoms with Crippen molar-refractivity contribution in [1.82, 2.24) is 5.32 Å². The fourth-order valence-electron chi connectivity index (χ4n) is 0.412. The summed E-state index contributed by atoms with van der Waals surface area (Å²) in [5, 5.41) is 9.28. The molecule has 0 bridgehead atoms. The second-order valence-electron chi connectivity index (χ2n) is 2.41. The highest BCUT2D eigenvalue weighted by molar-refractivity contribution is 5.87. The van der Waals surface area contributed by atoms with Crippen LogP contribution in [-0.4, -0.2) is 12.1 Å². The van der Waals surface area contributed by atoms with Gasteiger partial charge in [-0.25, -0.2) is 0 Å². The highest BCUT2D eigenvalue weighted by Crippen LogP contribution is 1.92. The summed E-state index contributed by atoms with van der Waals surface area (Å²) in [5.74, 6) is -0.227. The second kappa shape index (κ2) is 4.49. The standard InChI is InChI=1S/C7H13N3O/c1-5(2)7(11)10-6(3-8)4-9/h3-5,8H,9H2,1-2H3,(H,10,11)/b6-4+,8-3?. The van der Waals surface area contributed by atoms with Crippen LogP contribution >= 0.6 is 0 Å². The Bertz CT molecular complexity index is 184. The van der Waals surface area contributed by atoms with Crippen molar-refractivity contribution in [3.8, 4) is 0 Å². The lowest BCUT2D eigenvalue weighted by molar-refractivity contribution is -0.123. The first kappa shape index (κ1) is 9.68. The normalized spacial score (nSPS) is 11.4. The van der Waals surface area contributed by atoms with E-state index in [-0.39, 0.29) is 11.8 Å². The van der Waals surface area contributed by atoms with Gasteiger partial charge in [-0.1, -0.05) is 13.8 Å². The molecule has 0 aromatic carbocycles. The van der Waals surface area contributed by atoms with Gasteiger partial charge in [0.15, 0.2) is 0 Å². The van der Waals surface area contributed by atoms with Gasteiger partial charge in [-0.2, -0.15) is 0 Å². The Kier molecular flexibility index (Phi) is 3.95. The molecule has 62 valence electrons. The fourth-order valence-corrected chi connectivity index (χ4v) is 0.412. The van der Waals surface area contributed by atoms with Crippen molar-refractivity contribution in [3.63, 3.8) is 0 Å². The van der Waals surface area contributed by atoms with Crippen LogP contribution < -0.4 is 11.1 Å². The number of nitrogens with one attached hydrogen (secondary N) is 2. The van der Waals surface area contributed by atoms with E-state index < -0.39 is 0 Å².